The summed E-state index contributed by atoms with van der Waals surface area (Å²) in [6, 6.07) is 9.24. The van der Waals surface area contributed by atoms with Gasteiger partial charge < -0.3 is 14.0 Å². The van der Waals surface area contributed by atoms with Crippen molar-refractivity contribution in [1.29, 1.82) is 0 Å². The molecule has 8 heteroatoms. The number of morpholine rings is 1. The van der Waals surface area contributed by atoms with E-state index in [9.17, 15) is 9.59 Å². The number of esters is 1. The zero-order valence-corrected chi connectivity index (χ0v) is 17.0. The lowest BCUT2D eigenvalue weighted by Gasteiger charge is -2.25. The second-order valence-electron chi connectivity index (χ2n) is 6.89. The Morgan fingerprint density at radius 2 is 2.00 bits per heavy atom. The molecule has 154 valence electrons. The maximum Gasteiger partial charge on any atom is 0.337 e. The van der Waals surface area contributed by atoms with Gasteiger partial charge in [-0.05, 0) is 38.1 Å². The van der Waals surface area contributed by atoms with E-state index in [0.29, 0.717) is 25.3 Å². The third-order valence-corrected chi connectivity index (χ3v) is 4.86. The molecule has 0 unspecified atom stereocenters. The Labute approximate surface area is 170 Å². The highest BCUT2D eigenvalue weighted by molar-refractivity contribution is 5.90. The van der Waals surface area contributed by atoms with E-state index in [1.54, 1.807) is 18.3 Å². The number of nitrogens with one attached hydrogen (secondary N) is 1. The number of ether oxygens (including phenoxy) is 2. The SMILES string of the molecule is COC(=O)c1cccc(-n2c(C)cc(/C=N/NC(=O)CN3CCOCC3)c2C)c1. The molecule has 1 aromatic carbocycles. The molecular weight excluding hydrogens is 372 g/mol. The van der Waals surface area contributed by atoms with Gasteiger partial charge in [0.05, 0.1) is 38.6 Å². The molecule has 3 rings (SSSR count). The molecule has 0 bridgehead atoms. The monoisotopic (exact) mass is 398 g/mol. The molecule has 1 aliphatic heterocycles. The van der Waals surface area contributed by atoms with Crippen molar-refractivity contribution in [2.75, 3.05) is 40.0 Å². The average molecular weight is 398 g/mol. The molecule has 0 radical (unpaired) electrons. The number of carbonyl (C=O) groups is 2. The van der Waals surface area contributed by atoms with Crippen LogP contribution < -0.4 is 5.43 Å². The number of hydrogen-bond donors (Lipinski definition) is 1. The van der Waals surface area contributed by atoms with Crippen LogP contribution in [0.15, 0.2) is 35.4 Å². The molecule has 0 spiro atoms. The molecule has 1 aromatic heterocycles. The highest BCUT2D eigenvalue weighted by Gasteiger charge is 2.14. The number of rotatable bonds is 6. The Hall–Kier alpha value is -2.97. The van der Waals surface area contributed by atoms with Crippen molar-refractivity contribution < 1.29 is 19.1 Å². The van der Waals surface area contributed by atoms with Crippen molar-refractivity contribution in [3.05, 3.63) is 52.8 Å². The molecule has 2 aromatic rings. The van der Waals surface area contributed by atoms with Gasteiger partial charge in [-0.2, -0.15) is 5.10 Å². The van der Waals surface area contributed by atoms with Crippen LogP contribution in [0.3, 0.4) is 0 Å². The van der Waals surface area contributed by atoms with Crippen molar-refractivity contribution >= 4 is 18.1 Å². The number of nitrogens with zero attached hydrogens (tertiary/aromatic N) is 3. The maximum absolute atomic E-state index is 12.1. The minimum Gasteiger partial charge on any atom is -0.465 e. The van der Waals surface area contributed by atoms with E-state index in [4.69, 9.17) is 9.47 Å². The zero-order valence-electron chi connectivity index (χ0n) is 17.0. The summed E-state index contributed by atoms with van der Waals surface area (Å²) in [5, 5.41) is 4.11. The van der Waals surface area contributed by atoms with Crippen LogP contribution in [-0.2, 0) is 14.3 Å². The summed E-state index contributed by atoms with van der Waals surface area (Å²) in [5.41, 5.74) is 6.76. The first kappa shape index (κ1) is 20.8. The van der Waals surface area contributed by atoms with Crippen molar-refractivity contribution in [1.82, 2.24) is 14.9 Å². The van der Waals surface area contributed by atoms with E-state index in [1.807, 2.05) is 41.5 Å². The number of amides is 1. The van der Waals surface area contributed by atoms with Gasteiger partial charge >= 0.3 is 5.97 Å². The summed E-state index contributed by atoms with van der Waals surface area (Å²) in [6.45, 7) is 7.06. The summed E-state index contributed by atoms with van der Waals surface area (Å²) in [5.74, 6) is -0.526. The van der Waals surface area contributed by atoms with E-state index in [0.717, 1.165) is 35.7 Å². The number of carbonyl (C=O) groups excluding carboxylic acids is 2. The van der Waals surface area contributed by atoms with Gasteiger partial charge in [0, 0.05) is 35.7 Å². The third kappa shape index (κ3) is 5.10. The number of hydrazone groups is 1. The average Bonchev–Trinajstić information content (AvgIpc) is 3.01. The van der Waals surface area contributed by atoms with Gasteiger partial charge in [-0.3, -0.25) is 9.69 Å². The van der Waals surface area contributed by atoms with Crippen molar-refractivity contribution in [2.24, 2.45) is 5.10 Å². The van der Waals surface area contributed by atoms with Gasteiger partial charge in [0.1, 0.15) is 0 Å². The van der Waals surface area contributed by atoms with Gasteiger partial charge in [0.25, 0.3) is 5.91 Å². The predicted molar refractivity (Wildman–Crippen MR) is 110 cm³/mol. The molecule has 0 aliphatic carbocycles. The lowest BCUT2D eigenvalue weighted by atomic mass is 10.2. The maximum atomic E-state index is 12.1. The van der Waals surface area contributed by atoms with E-state index in [-0.39, 0.29) is 11.9 Å². The molecule has 2 heterocycles. The van der Waals surface area contributed by atoms with Crippen molar-refractivity contribution in [3.63, 3.8) is 0 Å². The zero-order chi connectivity index (χ0) is 20.8. The molecule has 1 amide bonds. The lowest BCUT2D eigenvalue weighted by Crippen LogP contribution is -2.42. The van der Waals surface area contributed by atoms with Crippen LogP contribution in [0.2, 0.25) is 0 Å². The van der Waals surface area contributed by atoms with E-state index >= 15 is 0 Å². The van der Waals surface area contributed by atoms with Gasteiger partial charge in [0.15, 0.2) is 0 Å². The molecule has 0 saturated carbocycles. The summed E-state index contributed by atoms with van der Waals surface area (Å²) in [4.78, 5) is 25.9. The van der Waals surface area contributed by atoms with Crippen LogP contribution in [-0.4, -0.2) is 67.5 Å². The van der Waals surface area contributed by atoms with Crippen LogP contribution in [0.4, 0.5) is 0 Å². The molecular formula is C21H26N4O4. The van der Waals surface area contributed by atoms with Crippen LogP contribution in [0.1, 0.15) is 27.3 Å². The predicted octanol–water partition coefficient (Wildman–Crippen LogP) is 1.66. The topological polar surface area (TPSA) is 85.2 Å². The molecule has 1 N–H and O–H groups in total. The molecule has 29 heavy (non-hydrogen) atoms. The lowest BCUT2D eigenvalue weighted by molar-refractivity contribution is -0.123. The summed E-state index contributed by atoms with van der Waals surface area (Å²) < 4.78 is 12.1. The second-order valence-corrected chi connectivity index (χ2v) is 6.89. The minimum absolute atomic E-state index is 0.150. The van der Waals surface area contributed by atoms with E-state index < -0.39 is 0 Å². The highest BCUT2D eigenvalue weighted by atomic mass is 16.5. The smallest absolute Gasteiger partial charge is 0.337 e. The summed E-state index contributed by atoms with van der Waals surface area (Å²) in [7, 11) is 1.36. The fourth-order valence-corrected chi connectivity index (χ4v) is 3.38. The first-order valence-corrected chi connectivity index (χ1v) is 9.49. The quantitative estimate of drug-likeness (QED) is 0.454. The number of methoxy groups -OCH3 is 1. The second kappa shape index (κ2) is 9.49. The Kier molecular flexibility index (Phi) is 6.79. The molecule has 0 atom stereocenters. The summed E-state index contributed by atoms with van der Waals surface area (Å²) in [6.07, 6.45) is 1.64. The van der Waals surface area contributed by atoms with E-state index in [2.05, 4.69) is 10.5 Å². The number of aryl methyl sites for hydroxylation is 1. The summed E-state index contributed by atoms with van der Waals surface area (Å²) >= 11 is 0. The first-order valence-electron chi connectivity index (χ1n) is 9.49. The first-order chi connectivity index (χ1) is 14.0. The molecule has 1 aliphatic rings. The fourth-order valence-electron chi connectivity index (χ4n) is 3.38. The third-order valence-electron chi connectivity index (χ3n) is 4.86. The highest BCUT2D eigenvalue weighted by Crippen LogP contribution is 2.21. The van der Waals surface area contributed by atoms with Crippen LogP contribution >= 0.6 is 0 Å². The van der Waals surface area contributed by atoms with Gasteiger partial charge in [0.2, 0.25) is 0 Å². The number of aromatic nitrogens is 1. The number of benzene rings is 1. The Morgan fingerprint density at radius 1 is 1.24 bits per heavy atom. The van der Waals surface area contributed by atoms with Crippen LogP contribution in [0.5, 0.6) is 0 Å². The largest absolute Gasteiger partial charge is 0.465 e. The fraction of sp³-hybridized carbons (Fsp3) is 0.381. The van der Waals surface area contributed by atoms with Crippen molar-refractivity contribution in [3.8, 4) is 5.69 Å². The van der Waals surface area contributed by atoms with E-state index in [1.165, 1.54) is 7.11 Å². The standard InChI is InChI=1S/C21H26N4O4/c1-15-11-18(13-22-23-20(26)14-24-7-9-29-10-8-24)16(2)25(15)19-6-4-5-17(12-19)21(27)28-3/h4-6,11-13H,7-10,14H2,1-3H3,(H,23,26)/b22-13+. The molecule has 1 saturated heterocycles. The molecule has 1 fully saturated rings. The normalized spacial score (nSPS) is 14.9. The van der Waals surface area contributed by atoms with Crippen molar-refractivity contribution in [2.45, 2.75) is 13.8 Å². The van der Waals surface area contributed by atoms with Crippen LogP contribution in [0.25, 0.3) is 5.69 Å². The van der Waals surface area contributed by atoms with Gasteiger partial charge in [-0.15, -0.1) is 0 Å². The Bertz CT molecular complexity index is 913. The van der Waals surface area contributed by atoms with Gasteiger partial charge in [-0.25, -0.2) is 10.2 Å². The number of hydrogen-bond acceptors (Lipinski definition) is 6. The van der Waals surface area contributed by atoms with Crippen LogP contribution in [0, 0.1) is 13.8 Å². The Morgan fingerprint density at radius 3 is 2.72 bits per heavy atom. The van der Waals surface area contributed by atoms with Gasteiger partial charge in [-0.1, -0.05) is 6.07 Å². The minimum atomic E-state index is -0.376. The Balaban J connectivity index is 1.70. The molecule has 8 nitrogen and oxygen atoms in total.